The molecule has 25 heavy (non-hydrogen) atoms. The molecule has 130 valence electrons. The van der Waals surface area contributed by atoms with Gasteiger partial charge >= 0.3 is 11.9 Å². The van der Waals surface area contributed by atoms with Crippen LogP contribution in [0.2, 0.25) is 0 Å². The minimum atomic E-state index is -1.38. The van der Waals surface area contributed by atoms with Gasteiger partial charge in [0, 0.05) is 12.1 Å². The van der Waals surface area contributed by atoms with Crippen molar-refractivity contribution in [1.82, 2.24) is 25.4 Å². The summed E-state index contributed by atoms with van der Waals surface area (Å²) >= 11 is 0. The molecule has 0 atom stereocenters. The standard InChI is InChI=1S/C8H4F2N4O2.C5H5NO3/c9-4-1-2-6(5(10)3-4)14-12-7(8(15)16)11-13-14;1-3-2-4(5(7)8)6-9-3/h1-3H,(H,15,16);2H,1H3,(H,7,8). The molecule has 0 saturated heterocycles. The molecule has 2 N–H and O–H groups in total. The normalized spacial score (nSPS) is 10.0. The Balaban J connectivity index is 0.000000212. The van der Waals surface area contributed by atoms with E-state index in [-0.39, 0.29) is 11.4 Å². The van der Waals surface area contributed by atoms with Crippen LogP contribution in [0.25, 0.3) is 5.69 Å². The summed E-state index contributed by atoms with van der Waals surface area (Å²) in [5, 5.41) is 30.0. The number of tetrazole rings is 1. The first-order chi connectivity index (χ1) is 11.8. The number of benzene rings is 1. The van der Waals surface area contributed by atoms with Crippen LogP contribution in [0.15, 0.2) is 28.8 Å². The van der Waals surface area contributed by atoms with Gasteiger partial charge in [0.1, 0.15) is 17.3 Å². The average molecular weight is 353 g/mol. The lowest BCUT2D eigenvalue weighted by molar-refractivity contribution is 0.0673. The van der Waals surface area contributed by atoms with Crippen LogP contribution in [0.3, 0.4) is 0 Å². The minimum absolute atomic E-state index is 0.0486. The smallest absolute Gasteiger partial charge is 0.377 e. The van der Waals surface area contributed by atoms with Gasteiger partial charge in [-0.15, -0.1) is 15.0 Å². The van der Waals surface area contributed by atoms with Gasteiger partial charge in [-0.25, -0.2) is 18.4 Å². The van der Waals surface area contributed by atoms with Crippen LogP contribution in [0.1, 0.15) is 26.9 Å². The van der Waals surface area contributed by atoms with E-state index in [9.17, 15) is 18.4 Å². The monoisotopic (exact) mass is 353 g/mol. The Labute approximate surface area is 137 Å². The SMILES string of the molecule is Cc1cc(C(=O)O)no1.O=C(O)c1nnn(-c2ccc(F)cc2F)n1. The van der Waals surface area contributed by atoms with Crippen molar-refractivity contribution in [2.75, 3.05) is 0 Å². The third-order valence-electron chi connectivity index (χ3n) is 2.58. The first kappa shape index (κ1) is 17.7. The van der Waals surface area contributed by atoms with Gasteiger partial charge in [-0.2, -0.15) is 0 Å². The lowest BCUT2D eigenvalue weighted by Gasteiger charge is -1.99. The van der Waals surface area contributed by atoms with Crippen LogP contribution < -0.4 is 0 Å². The lowest BCUT2D eigenvalue weighted by atomic mass is 10.3. The van der Waals surface area contributed by atoms with Crippen molar-refractivity contribution in [2.24, 2.45) is 0 Å². The Kier molecular flexibility index (Phi) is 5.12. The molecule has 10 nitrogen and oxygen atoms in total. The lowest BCUT2D eigenvalue weighted by Crippen LogP contribution is -2.04. The number of aromatic nitrogens is 5. The van der Waals surface area contributed by atoms with Crippen molar-refractivity contribution in [3.05, 3.63) is 53.2 Å². The molecule has 0 aliphatic rings. The molecule has 2 heterocycles. The molecular formula is C13H9F2N5O5. The van der Waals surface area contributed by atoms with Gasteiger partial charge in [-0.3, -0.25) is 0 Å². The minimum Gasteiger partial charge on any atom is -0.476 e. The number of rotatable bonds is 3. The van der Waals surface area contributed by atoms with Crippen molar-refractivity contribution < 1.29 is 33.1 Å². The fourth-order valence-corrected chi connectivity index (χ4v) is 1.51. The summed E-state index contributed by atoms with van der Waals surface area (Å²) in [5.41, 5.74) is -0.228. The number of carboxylic acids is 2. The number of nitrogens with zero attached hydrogens (tertiary/aromatic N) is 5. The predicted molar refractivity (Wildman–Crippen MR) is 74.2 cm³/mol. The summed E-state index contributed by atoms with van der Waals surface area (Å²) in [6, 6.07) is 4.08. The van der Waals surface area contributed by atoms with Crippen molar-refractivity contribution in [3.8, 4) is 5.69 Å². The third kappa shape index (κ3) is 4.40. The van der Waals surface area contributed by atoms with E-state index in [1.165, 1.54) is 6.07 Å². The first-order valence-electron chi connectivity index (χ1n) is 6.43. The van der Waals surface area contributed by atoms with Crippen LogP contribution >= 0.6 is 0 Å². The van der Waals surface area contributed by atoms with Crippen LogP contribution in [0.4, 0.5) is 8.78 Å². The molecule has 2 aromatic heterocycles. The summed E-state index contributed by atoms with van der Waals surface area (Å²) in [6.07, 6.45) is 0. The number of carbonyl (C=O) groups is 2. The first-order valence-corrected chi connectivity index (χ1v) is 6.43. The second-order valence-corrected chi connectivity index (χ2v) is 4.43. The van der Waals surface area contributed by atoms with Gasteiger partial charge in [0.15, 0.2) is 11.5 Å². The van der Waals surface area contributed by atoms with Gasteiger partial charge in [0.05, 0.1) is 0 Å². The van der Waals surface area contributed by atoms with Crippen LogP contribution in [-0.2, 0) is 0 Å². The highest BCUT2D eigenvalue weighted by molar-refractivity contribution is 5.85. The molecular weight excluding hydrogens is 344 g/mol. The zero-order chi connectivity index (χ0) is 18.6. The predicted octanol–water partition coefficient (Wildman–Crippen LogP) is 1.32. The Morgan fingerprint density at radius 3 is 2.32 bits per heavy atom. The molecule has 0 amide bonds. The summed E-state index contributed by atoms with van der Waals surface area (Å²) < 4.78 is 30.3. The molecule has 0 bridgehead atoms. The zero-order valence-electron chi connectivity index (χ0n) is 12.4. The highest BCUT2D eigenvalue weighted by Crippen LogP contribution is 2.12. The molecule has 0 saturated carbocycles. The van der Waals surface area contributed by atoms with Crippen molar-refractivity contribution >= 4 is 11.9 Å². The van der Waals surface area contributed by atoms with E-state index in [0.29, 0.717) is 16.6 Å². The Morgan fingerprint density at radius 1 is 1.16 bits per heavy atom. The second-order valence-electron chi connectivity index (χ2n) is 4.43. The average Bonchev–Trinajstić information content (AvgIpc) is 3.17. The topological polar surface area (TPSA) is 144 Å². The van der Waals surface area contributed by atoms with E-state index < -0.39 is 29.4 Å². The van der Waals surface area contributed by atoms with E-state index >= 15 is 0 Å². The Hall–Kier alpha value is -3.70. The van der Waals surface area contributed by atoms with Crippen LogP contribution in [0.5, 0.6) is 0 Å². The molecule has 3 rings (SSSR count). The van der Waals surface area contributed by atoms with Gasteiger partial charge in [-0.05, 0) is 24.3 Å². The van der Waals surface area contributed by atoms with Crippen LogP contribution in [0, 0.1) is 18.6 Å². The largest absolute Gasteiger partial charge is 0.476 e. The van der Waals surface area contributed by atoms with E-state index in [1.807, 2.05) is 0 Å². The van der Waals surface area contributed by atoms with E-state index in [0.717, 1.165) is 12.1 Å². The summed E-state index contributed by atoms with van der Waals surface area (Å²) in [7, 11) is 0. The Bertz CT molecular complexity index is 923. The second kappa shape index (κ2) is 7.25. The molecule has 3 aromatic rings. The quantitative estimate of drug-likeness (QED) is 0.712. The zero-order valence-corrected chi connectivity index (χ0v) is 12.4. The molecule has 0 aliphatic carbocycles. The number of aromatic carboxylic acids is 2. The number of hydrogen-bond acceptors (Lipinski definition) is 7. The summed E-state index contributed by atoms with van der Waals surface area (Å²) in [4.78, 5) is 21.2. The number of aryl methyl sites for hydroxylation is 1. The van der Waals surface area contributed by atoms with E-state index in [2.05, 4.69) is 25.1 Å². The molecule has 1 aromatic carbocycles. The molecule has 0 unspecified atom stereocenters. The molecule has 0 spiro atoms. The van der Waals surface area contributed by atoms with Crippen molar-refractivity contribution in [2.45, 2.75) is 6.92 Å². The van der Waals surface area contributed by atoms with Crippen LogP contribution in [-0.4, -0.2) is 47.5 Å². The maximum atomic E-state index is 13.2. The number of carboxylic acid groups (broad SMARTS) is 2. The molecule has 0 aliphatic heterocycles. The molecule has 0 fully saturated rings. The fraction of sp³-hybridized carbons (Fsp3) is 0.0769. The fourth-order valence-electron chi connectivity index (χ4n) is 1.51. The Morgan fingerprint density at radius 2 is 1.88 bits per heavy atom. The maximum Gasteiger partial charge on any atom is 0.377 e. The van der Waals surface area contributed by atoms with Gasteiger partial charge in [0.25, 0.3) is 5.82 Å². The van der Waals surface area contributed by atoms with Gasteiger partial charge < -0.3 is 14.7 Å². The number of hydrogen-bond donors (Lipinski definition) is 2. The maximum absolute atomic E-state index is 13.2. The van der Waals surface area contributed by atoms with E-state index in [4.69, 9.17) is 10.2 Å². The third-order valence-corrected chi connectivity index (χ3v) is 2.58. The van der Waals surface area contributed by atoms with Crippen molar-refractivity contribution in [1.29, 1.82) is 0 Å². The summed E-state index contributed by atoms with van der Waals surface area (Å²) in [5.74, 6) is -4.16. The van der Waals surface area contributed by atoms with Gasteiger partial charge in [-0.1, -0.05) is 5.16 Å². The molecule has 0 radical (unpaired) electrons. The highest BCUT2D eigenvalue weighted by Gasteiger charge is 2.14. The summed E-state index contributed by atoms with van der Waals surface area (Å²) in [6.45, 7) is 1.64. The van der Waals surface area contributed by atoms with E-state index in [1.54, 1.807) is 6.92 Å². The highest BCUT2D eigenvalue weighted by atomic mass is 19.1. The molecule has 12 heteroatoms. The van der Waals surface area contributed by atoms with Gasteiger partial charge in [0.2, 0.25) is 0 Å². The number of halogens is 2. The van der Waals surface area contributed by atoms with Crippen molar-refractivity contribution in [3.63, 3.8) is 0 Å².